The lowest BCUT2D eigenvalue weighted by Gasteiger charge is -2.39. The summed E-state index contributed by atoms with van der Waals surface area (Å²) in [7, 11) is 0. The highest BCUT2D eigenvalue weighted by Gasteiger charge is 2.35. The summed E-state index contributed by atoms with van der Waals surface area (Å²) in [6.07, 6.45) is 9.16. The Hall–Kier alpha value is 0.200. The summed E-state index contributed by atoms with van der Waals surface area (Å²) in [5, 5.41) is 3.28. The number of amides is 1. The molecule has 1 amide bonds. The molecule has 0 bridgehead atoms. The first kappa shape index (κ1) is 15.6. The summed E-state index contributed by atoms with van der Waals surface area (Å²) in [6.45, 7) is 4.39. The quantitative estimate of drug-likeness (QED) is 0.578. The maximum absolute atomic E-state index is 12.4. The molecule has 0 spiro atoms. The van der Waals surface area contributed by atoms with E-state index < -0.39 is 0 Å². The molecule has 19 heavy (non-hydrogen) atoms. The second-order valence-corrected chi connectivity index (χ2v) is 7.71. The topological polar surface area (TPSA) is 29.1 Å². The molecule has 2 nitrogen and oxygen atoms in total. The zero-order chi connectivity index (χ0) is 13.8. The van der Waals surface area contributed by atoms with Gasteiger partial charge in [0.15, 0.2) is 0 Å². The highest BCUT2D eigenvalue weighted by Crippen LogP contribution is 2.42. The van der Waals surface area contributed by atoms with Crippen molar-refractivity contribution in [1.82, 2.24) is 5.32 Å². The van der Waals surface area contributed by atoms with Gasteiger partial charge in [-0.1, -0.05) is 62.1 Å². The zero-order valence-electron chi connectivity index (χ0n) is 12.3. The van der Waals surface area contributed by atoms with Crippen LogP contribution in [0.3, 0.4) is 0 Å². The largest absolute Gasteiger partial charge is 0.352 e. The van der Waals surface area contributed by atoms with Gasteiger partial charge in [0.1, 0.15) is 0 Å². The summed E-state index contributed by atoms with van der Waals surface area (Å²) in [5.41, 5.74) is 0. The average molecular weight is 377 g/mol. The molecule has 2 aliphatic carbocycles. The maximum Gasteiger partial charge on any atom is 0.223 e. The molecule has 2 fully saturated rings. The third-order valence-electron chi connectivity index (χ3n) is 5.21. The predicted octanol–water partition coefficient (Wildman–Crippen LogP) is 4.17. The Kier molecular flexibility index (Phi) is 5.97. The molecular formula is C16H28INO. The molecule has 0 heterocycles. The molecule has 1 N–H and O–H groups in total. The van der Waals surface area contributed by atoms with E-state index in [4.69, 9.17) is 0 Å². The van der Waals surface area contributed by atoms with Gasteiger partial charge in [-0.25, -0.2) is 0 Å². The molecule has 3 heteroatoms. The fourth-order valence-corrected chi connectivity index (χ4v) is 5.03. The van der Waals surface area contributed by atoms with Gasteiger partial charge in [-0.2, -0.15) is 0 Å². The van der Waals surface area contributed by atoms with Crippen LogP contribution in [0.15, 0.2) is 0 Å². The van der Waals surface area contributed by atoms with Crippen molar-refractivity contribution in [2.45, 2.75) is 64.8 Å². The molecule has 0 radical (unpaired) electrons. The van der Waals surface area contributed by atoms with Crippen LogP contribution in [0.5, 0.6) is 0 Å². The Bertz CT molecular complexity index is 305. The van der Waals surface area contributed by atoms with Crippen molar-refractivity contribution < 1.29 is 4.79 Å². The van der Waals surface area contributed by atoms with Crippen LogP contribution in [0.1, 0.15) is 58.8 Å². The minimum Gasteiger partial charge on any atom is -0.352 e. The first-order valence-electron chi connectivity index (χ1n) is 7.98. The Labute approximate surface area is 131 Å². The van der Waals surface area contributed by atoms with Crippen LogP contribution < -0.4 is 5.32 Å². The lowest BCUT2D eigenvalue weighted by atomic mass is 9.67. The highest BCUT2D eigenvalue weighted by molar-refractivity contribution is 14.1. The standard InChI is InChI=1S/C16H28INO/c1-11(2)15(10-17)18-16(19)14-8-7-12-5-3-4-6-13(12)9-14/h11-15H,3-10H2,1-2H3,(H,18,19). The summed E-state index contributed by atoms with van der Waals surface area (Å²) >= 11 is 2.38. The number of hydrogen-bond acceptors (Lipinski definition) is 1. The highest BCUT2D eigenvalue weighted by atomic mass is 127. The van der Waals surface area contributed by atoms with E-state index in [0.29, 0.717) is 23.8 Å². The van der Waals surface area contributed by atoms with Crippen LogP contribution in [-0.4, -0.2) is 16.4 Å². The lowest BCUT2D eigenvalue weighted by Crippen LogP contribution is -2.44. The molecule has 0 aromatic heterocycles. The molecule has 0 aromatic carbocycles. The predicted molar refractivity (Wildman–Crippen MR) is 88.4 cm³/mol. The van der Waals surface area contributed by atoms with Crippen molar-refractivity contribution in [2.75, 3.05) is 4.43 Å². The maximum atomic E-state index is 12.4. The number of halogens is 1. The van der Waals surface area contributed by atoms with Gasteiger partial charge in [-0.15, -0.1) is 0 Å². The van der Waals surface area contributed by atoms with Crippen LogP contribution in [0.4, 0.5) is 0 Å². The summed E-state index contributed by atoms with van der Waals surface area (Å²) in [5.74, 6) is 2.94. The summed E-state index contributed by atoms with van der Waals surface area (Å²) in [6, 6.07) is 0.345. The van der Waals surface area contributed by atoms with Crippen molar-refractivity contribution in [2.24, 2.45) is 23.7 Å². The lowest BCUT2D eigenvalue weighted by molar-refractivity contribution is -0.128. The van der Waals surface area contributed by atoms with Crippen molar-refractivity contribution in [3.05, 3.63) is 0 Å². The van der Waals surface area contributed by atoms with E-state index in [1.165, 1.54) is 32.1 Å². The fraction of sp³-hybridized carbons (Fsp3) is 0.938. The van der Waals surface area contributed by atoms with Crippen LogP contribution in [0.25, 0.3) is 0 Å². The number of hydrogen-bond donors (Lipinski definition) is 1. The second-order valence-electron chi connectivity index (χ2n) is 6.83. The van der Waals surface area contributed by atoms with Gasteiger partial charge in [0.25, 0.3) is 0 Å². The first-order valence-corrected chi connectivity index (χ1v) is 9.50. The van der Waals surface area contributed by atoms with Crippen molar-refractivity contribution in [3.8, 4) is 0 Å². The Morgan fingerprint density at radius 2 is 1.84 bits per heavy atom. The van der Waals surface area contributed by atoms with Crippen LogP contribution in [0.2, 0.25) is 0 Å². The normalized spacial score (nSPS) is 32.7. The molecule has 4 unspecified atom stereocenters. The molecule has 2 rings (SSSR count). The van der Waals surface area contributed by atoms with E-state index in [1.807, 2.05) is 0 Å². The fourth-order valence-electron chi connectivity index (χ4n) is 3.80. The number of carbonyl (C=O) groups is 1. The van der Waals surface area contributed by atoms with Gasteiger partial charge >= 0.3 is 0 Å². The number of nitrogens with one attached hydrogen (secondary N) is 1. The van der Waals surface area contributed by atoms with Gasteiger partial charge in [0.05, 0.1) is 0 Å². The first-order chi connectivity index (χ1) is 9.11. The van der Waals surface area contributed by atoms with Crippen LogP contribution >= 0.6 is 22.6 Å². The summed E-state index contributed by atoms with van der Waals surface area (Å²) in [4.78, 5) is 12.4. The average Bonchev–Trinajstić information content (AvgIpc) is 2.43. The SMILES string of the molecule is CC(C)C(CI)NC(=O)C1CCC2CCCCC2C1. The third kappa shape index (κ3) is 4.08. The van der Waals surface area contributed by atoms with E-state index in [2.05, 4.69) is 41.8 Å². The zero-order valence-corrected chi connectivity index (χ0v) is 14.5. The molecule has 2 saturated carbocycles. The van der Waals surface area contributed by atoms with Crippen LogP contribution in [0, 0.1) is 23.7 Å². The van der Waals surface area contributed by atoms with Crippen molar-refractivity contribution >= 4 is 28.5 Å². The molecule has 0 saturated heterocycles. The summed E-state index contributed by atoms with van der Waals surface area (Å²) < 4.78 is 1.01. The van der Waals surface area contributed by atoms with E-state index in [-0.39, 0.29) is 0 Å². The molecule has 110 valence electrons. The molecule has 0 aliphatic heterocycles. The van der Waals surface area contributed by atoms with E-state index in [1.54, 1.807) is 0 Å². The van der Waals surface area contributed by atoms with Gasteiger partial charge in [0.2, 0.25) is 5.91 Å². The van der Waals surface area contributed by atoms with Crippen molar-refractivity contribution in [1.29, 1.82) is 0 Å². The molecule has 2 aliphatic rings. The van der Waals surface area contributed by atoms with Gasteiger partial charge in [-0.05, 0) is 37.0 Å². The smallest absolute Gasteiger partial charge is 0.223 e. The molecule has 0 aromatic rings. The van der Waals surface area contributed by atoms with Gasteiger partial charge in [-0.3, -0.25) is 4.79 Å². The van der Waals surface area contributed by atoms with Gasteiger partial charge in [0, 0.05) is 16.4 Å². The minimum absolute atomic E-state index is 0.295. The Balaban J connectivity index is 1.86. The number of fused-ring (bicyclic) bond motifs is 1. The Morgan fingerprint density at radius 1 is 1.16 bits per heavy atom. The molecular weight excluding hydrogens is 349 g/mol. The number of alkyl halides is 1. The second kappa shape index (κ2) is 7.28. The third-order valence-corrected chi connectivity index (χ3v) is 6.16. The Morgan fingerprint density at radius 3 is 2.47 bits per heavy atom. The van der Waals surface area contributed by atoms with Crippen LogP contribution in [-0.2, 0) is 4.79 Å². The van der Waals surface area contributed by atoms with E-state index >= 15 is 0 Å². The molecule has 4 atom stereocenters. The number of carbonyl (C=O) groups excluding carboxylic acids is 1. The number of rotatable bonds is 4. The van der Waals surface area contributed by atoms with Crippen molar-refractivity contribution in [3.63, 3.8) is 0 Å². The van der Waals surface area contributed by atoms with Gasteiger partial charge < -0.3 is 5.32 Å². The van der Waals surface area contributed by atoms with E-state index in [0.717, 1.165) is 29.1 Å². The van der Waals surface area contributed by atoms with E-state index in [9.17, 15) is 4.79 Å². The minimum atomic E-state index is 0.295. The monoisotopic (exact) mass is 377 g/mol.